The molecule has 0 spiro atoms. The van der Waals surface area contributed by atoms with E-state index in [-0.39, 0.29) is 24.8 Å². The number of hydrogen-bond acceptors (Lipinski definition) is 2. The van der Waals surface area contributed by atoms with Gasteiger partial charge in [0.25, 0.3) is 0 Å². The van der Waals surface area contributed by atoms with Gasteiger partial charge in [-0.05, 0) is 0 Å². The van der Waals surface area contributed by atoms with Gasteiger partial charge in [-0.25, -0.2) is 0 Å². The number of fused-ring (bicyclic) bond motifs is 3. The summed E-state index contributed by atoms with van der Waals surface area (Å²) in [6.07, 6.45) is 10.6. The van der Waals surface area contributed by atoms with Gasteiger partial charge in [0.15, 0.2) is 0 Å². The number of benzene rings is 3. The van der Waals surface area contributed by atoms with E-state index in [1.54, 1.807) is 3.33 Å². The van der Waals surface area contributed by atoms with Gasteiger partial charge in [0, 0.05) is 0 Å². The number of allylic oxidation sites excluding steroid dienone is 5. The average Bonchev–Trinajstić information content (AvgIpc) is 3.40. The fraction of sp³-hybridized carbons (Fsp3) is 0.0769. The maximum Gasteiger partial charge on any atom is -1.00 e. The van der Waals surface area contributed by atoms with Crippen LogP contribution in [0.3, 0.4) is 0 Å². The summed E-state index contributed by atoms with van der Waals surface area (Å²) >= 11 is 0.822. The SMILES string of the molecule is C1=CC[C]([Hf+2][CH]2C(N3c4ccccc4Sc4ccccc43)=Cc3ccccc32)=C1.[Cl-].[Cl-]. The van der Waals surface area contributed by atoms with Crippen LogP contribution in [0.15, 0.2) is 110 Å². The molecule has 1 aliphatic heterocycles. The third-order valence-electron chi connectivity index (χ3n) is 5.70. The molecule has 5 heteroatoms. The normalized spacial score (nSPS) is 17.3. The van der Waals surface area contributed by atoms with Crippen LogP contribution >= 0.6 is 11.8 Å². The molecule has 31 heavy (non-hydrogen) atoms. The molecule has 3 aromatic rings. The van der Waals surface area contributed by atoms with Crippen molar-refractivity contribution in [2.45, 2.75) is 19.9 Å². The molecule has 0 fully saturated rings. The molecule has 2 aliphatic carbocycles. The molecule has 0 saturated heterocycles. The van der Waals surface area contributed by atoms with Gasteiger partial charge in [0.1, 0.15) is 0 Å². The minimum absolute atomic E-state index is 0. The van der Waals surface area contributed by atoms with E-state index in [1.165, 1.54) is 38.0 Å². The zero-order chi connectivity index (χ0) is 19.2. The largest absolute Gasteiger partial charge is 1.00 e. The van der Waals surface area contributed by atoms with Crippen molar-refractivity contribution < 1.29 is 47.7 Å². The molecule has 1 unspecified atom stereocenters. The van der Waals surface area contributed by atoms with Crippen molar-refractivity contribution in [2.24, 2.45) is 0 Å². The van der Waals surface area contributed by atoms with Crippen molar-refractivity contribution in [3.63, 3.8) is 0 Å². The summed E-state index contributed by atoms with van der Waals surface area (Å²) in [4.78, 5) is 5.25. The molecule has 6 rings (SSSR count). The minimum atomic E-state index is -1.07. The van der Waals surface area contributed by atoms with Crippen LogP contribution < -0.4 is 29.7 Å². The van der Waals surface area contributed by atoms with Gasteiger partial charge < -0.3 is 24.8 Å². The zero-order valence-electron chi connectivity index (χ0n) is 16.6. The quantitative estimate of drug-likeness (QED) is 0.404. The Morgan fingerprint density at radius 3 is 2.13 bits per heavy atom. The van der Waals surface area contributed by atoms with E-state index in [9.17, 15) is 0 Å². The molecule has 152 valence electrons. The van der Waals surface area contributed by atoms with Crippen LogP contribution in [0.2, 0.25) is 0 Å². The van der Waals surface area contributed by atoms with E-state index >= 15 is 0 Å². The summed E-state index contributed by atoms with van der Waals surface area (Å²) in [5.74, 6) is 0. The third-order valence-corrected chi connectivity index (χ3v) is 12.7. The van der Waals surface area contributed by atoms with Crippen LogP contribution in [0, 0.1) is 0 Å². The van der Waals surface area contributed by atoms with Crippen molar-refractivity contribution in [3.05, 3.63) is 111 Å². The number of rotatable bonds is 3. The predicted molar refractivity (Wildman–Crippen MR) is 118 cm³/mol. The maximum atomic E-state index is 2.56. The molecular weight excluding hydrogens is 608 g/mol. The first kappa shape index (κ1) is 22.7. The predicted octanol–water partition coefficient (Wildman–Crippen LogP) is 1.32. The molecule has 1 atom stereocenters. The summed E-state index contributed by atoms with van der Waals surface area (Å²) in [6, 6.07) is 26.7. The number of anilines is 2. The van der Waals surface area contributed by atoms with Crippen LogP contribution in [-0.2, 0) is 22.9 Å². The summed E-state index contributed by atoms with van der Waals surface area (Å²) in [5, 5.41) is 0. The molecule has 3 aromatic carbocycles. The van der Waals surface area contributed by atoms with Crippen LogP contribution in [0.1, 0.15) is 21.2 Å². The number of halogens is 2. The van der Waals surface area contributed by atoms with Gasteiger partial charge in [-0.1, -0.05) is 0 Å². The molecule has 0 bridgehead atoms. The summed E-state index contributed by atoms with van der Waals surface area (Å²) in [7, 11) is 0. The average molecular weight is 627 g/mol. The van der Waals surface area contributed by atoms with Gasteiger partial charge in [0.05, 0.1) is 0 Å². The molecule has 0 N–H and O–H groups in total. The first-order valence-electron chi connectivity index (χ1n) is 9.97. The second-order valence-electron chi connectivity index (χ2n) is 7.47. The third kappa shape index (κ3) is 4.02. The van der Waals surface area contributed by atoms with Gasteiger partial charge in [-0.3, -0.25) is 0 Å². The number of nitrogens with zero attached hydrogens (tertiary/aromatic N) is 1. The fourth-order valence-electron chi connectivity index (χ4n) is 4.38. The Morgan fingerprint density at radius 2 is 1.45 bits per heavy atom. The van der Waals surface area contributed by atoms with Crippen LogP contribution in [0.4, 0.5) is 11.4 Å². The fourth-order valence-corrected chi connectivity index (χ4v) is 11.1. The van der Waals surface area contributed by atoms with Gasteiger partial charge in [-0.2, -0.15) is 0 Å². The molecule has 1 nitrogen and oxygen atoms in total. The van der Waals surface area contributed by atoms with Crippen molar-refractivity contribution in [3.8, 4) is 0 Å². The van der Waals surface area contributed by atoms with Crippen LogP contribution in [0.25, 0.3) is 6.08 Å². The summed E-state index contributed by atoms with van der Waals surface area (Å²) < 4.78 is 2.28. The second-order valence-corrected chi connectivity index (χ2v) is 14.0. The molecule has 0 radical (unpaired) electrons. The number of para-hydroxylation sites is 2. The summed E-state index contributed by atoms with van der Waals surface area (Å²) in [5.41, 5.74) is 7.05. The molecule has 3 aliphatic rings. The molecule has 0 saturated carbocycles. The molecular formula is C26H19Cl2HfNS. The van der Waals surface area contributed by atoms with Crippen molar-refractivity contribution >= 4 is 29.2 Å². The Labute approximate surface area is 211 Å². The van der Waals surface area contributed by atoms with Gasteiger partial charge >= 0.3 is 188 Å². The monoisotopic (exact) mass is 627 g/mol. The Kier molecular flexibility index (Phi) is 6.98. The minimum Gasteiger partial charge on any atom is -1.00 e. The number of hydrogen-bond donors (Lipinski definition) is 0. The van der Waals surface area contributed by atoms with Gasteiger partial charge in [0.2, 0.25) is 0 Å². The molecule has 0 amide bonds. The van der Waals surface area contributed by atoms with Crippen LogP contribution in [0.5, 0.6) is 0 Å². The van der Waals surface area contributed by atoms with Gasteiger partial charge in [-0.15, -0.1) is 0 Å². The standard InChI is InChI=1S/C21H14NS.C5H5.2ClH.Hf/c1-2-8-16-14-17(13-15(16)7-1)22-18-9-3-5-11-20(18)23-21-12-6-4-10-19(21)22;1-2-4-5-3-1;;;/h1-14H;1-3H,4H2;2*1H;/q;;;;+2/p-2. The zero-order valence-corrected chi connectivity index (χ0v) is 22.6. The van der Waals surface area contributed by atoms with Crippen molar-refractivity contribution in [1.29, 1.82) is 0 Å². The second kappa shape index (κ2) is 9.54. The van der Waals surface area contributed by atoms with Crippen LogP contribution in [-0.4, -0.2) is 0 Å². The van der Waals surface area contributed by atoms with E-state index in [0.29, 0.717) is 3.67 Å². The Bertz CT molecular complexity index is 1170. The smallest absolute Gasteiger partial charge is 1.00 e. The Balaban J connectivity index is 0.00000116. The van der Waals surface area contributed by atoms with E-state index in [1.807, 2.05) is 11.8 Å². The topological polar surface area (TPSA) is 3.24 Å². The van der Waals surface area contributed by atoms with E-state index in [4.69, 9.17) is 0 Å². The van der Waals surface area contributed by atoms with E-state index in [2.05, 4.69) is 102 Å². The van der Waals surface area contributed by atoms with Crippen molar-refractivity contribution in [2.75, 3.05) is 4.90 Å². The maximum absolute atomic E-state index is 2.56. The molecule has 1 heterocycles. The summed E-state index contributed by atoms with van der Waals surface area (Å²) in [6.45, 7) is 0. The first-order valence-corrected chi connectivity index (χ1v) is 14.7. The van der Waals surface area contributed by atoms with Crippen molar-refractivity contribution in [1.82, 2.24) is 0 Å². The Hall–Kier alpha value is -1.52. The molecule has 0 aromatic heterocycles. The first-order chi connectivity index (χ1) is 14.4. The van der Waals surface area contributed by atoms with E-state index < -0.39 is 22.9 Å². The Morgan fingerprint density at radius 1 is 0.806 bits per heavy atom. The van der Waals surface area contributed by atoms with E-state index in [0.717, 1.165) is 6.42 Å².